The van der Waals surface area contributed by atoms with Crippen molar-refractivity contribution in [1.82, 2.24) is 0 Å². The highest BCUT2D eigenvalue weighted by molar-refractivity contribution is 7.39. The van der Waals surface area contributed by atoms with Crippen molar-refractivity contribution in [2.45, 2.75) is 128 Å². The summed E-state index contributed by atoms with van der Waals surface area (Å²) < 4.78 is 17.1. The molecule has 36 heavy (non-hydrogen) atoms. The summed E-state index contributed by atoms with van der Waals surface area (Å²) in [6, 6.07) is 10.6. The molecule has 0 unspecified atom stereocenters. The Morgan fingerprint density at radius 2 is 0.972 bits per heavy atom. The molecule has 3 nitrogen and oxygen atoms in total. The molecule has 1 aromatic heterocycles. The summed E-state index contributed by atoms with van der Waals surface area (Å²) in [4.78, 5) is 0. The summed E-state index contributed by atoms with van der Waals surface area (Å²) in [5.41, 5.74) is 8.42. The normalized spacial score (nSPS) is 21.6. The summed E-state index contributed by atoms with van der Waals surface area (Å²) in [7, 11) is -1.17. The van der Waals surface area contributed by atoms with Crippen LogP contribution >= 0.6 is 8.16 Å². The number of fused-ring (bicyclic) bond motifs is 7. The molecule has 0 aliphatic heterocycles. The lowest BCUT2D eigenvalue weighted by Crippen LogP contribution is -2.43. The van der Waals surface area contributed by atoms with Crippen LogP contribution in [-0.4, -0.2) is 12.1 Å². The molecule has 0 saturated heterocycles. The molecule has 192 valence electrons. The van der Waals surface area contributed by atoms with Crippen molar-refractivity contribution in [2.75, 3.05) is 4.67 Å². The molecule has 2 fully saturated rings. The Kier molecular flexibility index (Phi) is 6.65. The minimum Gasteiger partial charge on any atom is -0.408 e. The Morgan fingerprint density at radius 1 is 0.528 bits per heavy atom. The van der Waals surface area contributed by atoms with E-state index in [9.17, 15) is 0 Å². The van der Waals surface area contributed by atoms with Crippen molar-refractivity contribution in [3.63, 3.8) is 0 Å². The SMILES string of the molecule is c1cc2op(N(C3CCCCC3)C3CCCCC3)oc3ccc4c(c3c2c2c1CCCC2)CCCC4. The maximum Gasteiger partial charge on any atom is 0.310 e. The van der Waals surface area contributed by atoms with E-state index in [4.69, 9.17) is 8.39 Å². The average molecular weight is 504 g/mol. The zero-order valence-corrected chi connectivity index (χ0v) is 22.8. The molecule has 7 rings (SSSR count). The quantitative estimate of drug-likeness (QED) is 0.356. The third-order valence-electron chi connectivity index (χ3n) is 9.68. The number of rotatable bonds is 3. The Labute approximate surface area is 217 Å². The van der Waals surface area contributed by atoms with Crippen LogP contribution in [0.3, 0.4) is 0 Å². The number of aryl methyl sites for hydroxylation is 4. The highest BCUT2D eigenvalue weighted by Gasteiger charge is 2.34. The molecule has 0 amide bonds. The summed E-state index contributed by atoms with van der Waals surface area (Å²) in [5, 5.41) is 2.80. The largest absolute Gasteiger partial charge is 0.408 e. The van der Waals surface area contributed by atoms with Gasteiger partial charge in [-0.2, -0.15) is 4.67 Å². The number of hydrogen-bond acceptors (Lipinski definition) is 3. The summed E-state index contributed by atoms with van der Waals surface area (Å²) >= 11 is 0. The molecule has 0 radical (unpaired) electrons. The van der Waals surface area contributed by atoms with Crippen LogP contribution in [0.4, 0.5) is 0 Å². The molecular weight excluding hydrogens is 461 g/mol. The minimum absolute atomic E-state index is 0.605. The van der Waals surface area contributed by atoms with E-state index in [-0.39, 0.29) is 0 Å². The number of benzene rings is 2. The van der Waals surface area contributed by atoms with Gasteiger partial charge in [0.1, 0.15) is 11.2 Å². The van der Waals surface area contributed by atoms with Crippen LogP contribution < -0.4 is 4.67 Å². The minimum atomic E-state index is -1.17. The summed E-state index contributed by atoms with van der Waals surface area (Å²) in [6.45, 7) is 0. The standard InChI is InChI=1S/C32H42NO2P/c1-3-13-25(14-4-1)33(26-15-5-2-6-16-26)36-34-29-21-19-23-11-7-9-17-27(23)31(29)32-28-18-10-8-12-24(28)20-22-30(32)35-36/h19-22,25-26H,1-18H2. The highest BCUT2D eigenvalue weighted by Crippen LogP contribution is 2.46. The van der Waals surface area contributed by atoms with Gasteiger partial charge in [-0.25, -0.2) is 0 Å². The third-order valence-corrected chi connectivity index (χ3v) is 11.4. The Morgan fingerprint density at radius 3 is 1.44 bits per heavy atom. The second-order valence-corrected chi connectivity index (χ2v) is 13.3. The van der Waals surface area contributed by atoms with Crippen molar-refractivity contribution in [1.29, 1.82) is 0 Å². The van der Waals surface area contributed by atoms with Crippen LogP contribution in [0.5, 0.6) is 0 Å². The predicted octanol–water partition coefficient (Wildman–Crippen LogP) is 9.65. The first-order valence-corrected chi connectivity index (χ1v) is 16.2. The Bertz CT molecular complexity index is 1190. The van der Waals surface area contributed by atoms with Crippen molar-refractivity contribution in [3.8, 4) is 0 Å². The van der Waals surface area contributed by atoms with Crippen LogP contribution in [0.25, 0.3) is 21.9 Å². The summed E-state index contributed by atoms with van der Waals surface area (Å²) in [5.74, 6) is 0. The first-order chi connectivity index (χ1) is 17.9. The fourth-order valence-electron chi connectivity index (χ4n) is 7.85. The van der Waals surface area contributed by atoms with E-state index in [1.165, 1.54) is 126 Å². The molecule has 4 aliphatic carbocycles. The molecule has 3 aromatic rings. The van der Waals surface area contributed by atoms with E-state index in [1.54, 1.807) is 22.3 Å². The van der Waals surface area contributed by atoms with Crippen LogP contribution in [-0.2, 0) is 25.7 Å². The Hall–Kier alpha value is -1.70. The number of hydrogen-bond donors (Lipinski definition) is 0. The zero-order chi connectivity index (χ0) is 23.9. The topological polar surface area (TPSA) is 29.5 Å². The smallest absolute Gasteiger partial charge is 0.310 e. The van der Waals surface area contributed by atoms with Gasteiger partial charge < -0.3 is 8.39 Å². The average Bonchev–Trinajstić information content (AvgIpc) is 3.11. The van der Waals surface area contributed by atoms with Gasteiger partial charge >= 0.3 is 8.16 Å². The van der Waals surface area contributed by atoms with Crippen LogP contribution in [0.2, 0.25) is 0 Å². The van der Waals surface area contributed by atoms with E-state index in [0.717, 1.165) is 11.2 Å². The second kappa shape index (κ2) is 10.2. The van der Waals surface area contributed by atoms with Gasteiger partial charge in [0.05, 0.1) is 0 Å². The molecule has 0 spiro atoms. The summed E-state index contributed by atoms with van der Waals surface area (Å²) in [6.07, 6.45) is 23.4. The molecule has 2 aromatic carbocycles. The van der Waals surface area contributed by atoms with Crippen LogP contribution in [0, 0.1) is 0 Å². The maximum atomic E-state index is 7.13. The van der Waals surface area contributed by atoms with Gasteiger partial charge in [0, 0.05) is 22.9 Å². The molecule has 4 aliphatic rings. The molecular formula is C32H42NO2P. The van der Waals surface area contributed by atoms with Gasteiger partial charge in [0.2, 0.25) is 0 Å². The van der Waals surface area contributed by atoms with E-state index in [1.807, 2.05) is 0 Å². The second-order valence-electron chi connectivity index (χ2n) is 12.0. The molecule has 0 atom stereocenters. The van der Waals surface area contributed by atoms with Crippen molar-refractivity contribution < 1.29 is 8.39 Å². The molecule has 1 heterocycles. The molecule has 2 saturated carbocycles. The predicted molar refractivity (Wildman–Crippen MR) is 152 cm³/mol. The van der Waals surface area contributed by atoms with Gasteiger partial charge in [-0.1, -0.05) is 50.7 Å². The monoisotopic (exact) mass is 503 g/mol. The van der Waals surface area contributed by atoms with Crippen LogP contribution in [0.1, 0.15) is 112 Å². The number of nitrogens with zero attached hydrogens (tertiary/aromatic N) is 1. The fraction of sp³-hybridized carbons (Fsp3) is 0.625. The lowest BCUT2D eigenvalue weighted by Gasteiger charge is -2.38. The van der Waals surface area contributed by atoms with Crippen molar-refractivity contribution in [2.24, 2.45) is 0 Å². The van der Waals surface area contributed by atoms with Crippen molar-refractivity contribution in [3.05, 3.63) is 46.5 Å². The highest BCUT2D eigenvalue weighted by atomic mass is 31.1. The molecule has 0 N–H and O–H groups in total. The molecule has 4 heteroatoms. The Balaban J connectivity index is 1.51. The third kappa shape index (κ3) is 4.25. The lowest BCUT2D eigenvalue weighted by atomic mass is 9.84. The lowest BCUT2D eigenvalue weighted by molar-refractivity contribution is 0.348. The van der Waals surface area contributed by atoms with Crippen LogP contribution in [0.15, 0.2) is 32.7 Å². The van der Waals surface area contributed by atoms with Gasteiger partial charge in [0.25, 0.3) is 0 Å². The van der Waals surface area contributed by atoms with E-state index in [2.05, 4.69) is 28.9 Å². The van der Waals surface area contributed by atoms with Gasteiger partial charge in [-0.05, 0) is 111 Å². The van der Waals surface area contributed by atoms with E-state index in [0.29, 0.717) is 12.1 Å². The van der Waals surface area contributed by atoms with Gasteiger partial charge in [-0.3, -0.25) is 0 Å². The fourth-order valence-corrected chi connectivity index (χ4v) is 9.71. The zero-order valence-electron chi connectivity index (χ0n) is 21.9. The first kappa shape index (κ1) is 23.4. The van der Waals surface area contributed by atoms with Crippen molar-refractivity contribution >= 4 is 30.1 Å². The van der Waals surface area contributed by atoms with Gasteiger partial charge in [-0.15, -0.1) is 0 Å². The maximum absolute atomic E-state index is 7.13. The molecule has 0 bridgehead atoms. The first-order valence-electron chi connectivity index (χ1n) is 15.1. The van der Waals surface area contributed by atoms with E-state index >= 15 is 0 Å². The van der Waals surface area contributed by atoms with Gasteiger partial charge in [0.15, 0.2) is 0 Å². The van der Waals surface area contributed by atoms with E-state index < -0.39 is 8.16 Å².